The fourth-order valence-corrected chi connectivity index (χ4v) is 2.38. The van der Waals surface area contributed by atoms with E-state index in [0.29, 0.717) is 41.2 Å². The molecule has 0 aliphatic rings. The zero-order valence-corrected chi connectivity index (χ0v) is 13.3. The lowest BCUT2D eigenvalue weighted by molar-refractivity contribution is -0.129. The van der Waals surface area contributed by atoms with Gasteiger partial charge in [0.2, 0.25) is 5.91 Å². The monoisotopic (exact) mass is 339 g/mol. The Morgan fingerprint density at radius 2 is 2.00 bits per heavy atom. The number of unbranched alkanes of at least 4 members (excludes halogenated alkanes) is 3. The predicted octanol–water partition coefficient (Wildman–Crippen LogP) is 3.28. The van der Waals surface area contributed by atoms with Gasteiger partial charge in [-0.25, -0.2) is 10.3 Å². The van der Waals surface area contributed by atoms with Crippen LogP contribution < -0.4 is 15.8 Å². The van der Waals surface area contributed by atoms with Crippen molar-refractivity contribution in [3.63, 3.8) is 0 Å². The number of amides is 1. The summed E-state index contributed by atoms with van der Waals surface area (Å²) < 4.78 is 10.8. The molecule has 2 rings (SSSR count). The molecular formula is C16H18ClNO5. The topological polar surface area (TPSA) is 88.8 Å². The van der Waals surface area contributed by atoms with E-state index < -0.39 is 5.63 Å². The zero-order chi connectivity index (χ0) is 16.7. The third-order valence-corrected chi connectivity index (χ3v) is 3.58. The second-order valence-electron chi connectivity index (χ2n) is 5.12. The molecule has 0 fully saturated rings. The van der Waals surface area contributed by atoms with Crippen LogP contribution in [0.25, 0.3) is 11.0 Å². The van der Waals surface area contributed by atoms with Gasteiger partial charge < -0.3 is 9.15 Å². The molecule has 1 heterocycles. The van der Waals surface area contributed by atoms with E-state index in [9.17, 15) is 9.59 Å². The lowest BCUT2D eigenvalue weighted by Crippen LogP contribution is -2.17. The van der Waals surface area contributed by atoms with Gasteiger partial charge in [0.1, 0.15) is 11.3 Å². The summed E-state index contributed by atoms with van der Waals surface area (Å²) in [6.07, 6.45) is 3.56. The minimum Gasteiger partial charge on any atom is -0.493 e. The molecule has 7 heteroatoms. The standard InChI is InChI=1S/C16H18ClNO5/c17-11-6-7-13-12(9-11)14(10-16(20)23-13)22-8-4-2-1-3-5-15(19)18-21/h6-7,9-10,21H,1-5,8H2,(H,18,19). The Hall–Kier alpha value is -2.05. The number of carbonyl (C=O) groups excluding carboxylic acids is 1. The molecule has 23 heavy (non-hydrogen) atoms. The van der Waals surface area contributed by atoms with E-state index in [0.717, 1.165) is 19.3 Å². The summed E-state index contributed by atoms with van der Waals surface area (Å²) in [5.41, 5.74) is 1.57. The van der Waals surface area contributed by atoms with Gasteiger partial charge >= 0.3 is 5.63 Å². The summed E-state index contributed by atoms with van der Waals surface area (Å²) in [5, 5.41) is 9.57. The highest BCUT2D eigenvalue weighted by molar-refractivity contribution is 6.31. The van der Waals surface area contributed by atoms with E-state index in [1.807, 2.05) is 0 Å². The van der Waals surface area contributed by atoms with Gasteiger partial charge in [0.05, 0.1) is 18.1 Å². The molecule has 0 atom stereocenters. The first-order valence-corrected chi connectivity index (χ1v) is 7.77. The third kappa shape index (κ3) is 5.26. The average Bonchev–Trinajstić information content (AvgIpc) is 2.54. The second kappa shape index (κ2) is 8.55. The number of rotatable bonds is 8. The van der Waals surface area contributed by atoms with Crippen LogP contribution in [0.3, 0.4) is 0 Å². The average molecular weight is 340 g/mol. The van der Waals surface area contributed by atoms with Crippen LogP contribution in [0.2, 0.25) is 5.02 Å². The van der Waals surface area contributed by atoms with Gasteiger partial charge in [0.15, 0.2) is 0 Å². The summed E-state index contributed by atoms with van der Waals surface area (Å²) in [5.74, 6) is 0.0824. The molecule has 124 valence electrons. The number of ether oxygens (including phenoxy) is 1. The molecule has 0 saturated heterocycles. The van der Waals surface area contributed by atoms with Crippen LogP contribution in [0.5, 0.6) is 5.75 Å². The van der Waals surface area contributed by atoms with Gasteiger partial charge in [-0.05, 0) is 31.0 Å². The van der Waals surface area contributed by atoms with Crippen molar-refractivity contribution in [2.75, 3.05) is 6.61 Å². The van der Waals surface area contributed by atoms with E-state index >= 15 is 0 Å². The maximum Gasteiger partial charge on any atom is 0.339 e. The Bertz CT molecular complexity index is 728. The van der Waals surface area contributed by atoms with Crippen LogP contribution in [0.1, 0.15) is 32.1 Å². The Morgan fingerprint density at radius 1 is 1.22 bits per heavy atom. The summed E-state index contributed by atoms with van der Waals surface area (Å²) in [4.78, 5) is 22.4. The molecule has 0 aliphatic heterocycles. The zero-order valence-electron chi connectivity index (χ0n) is 12.5. The van der Waals surface area contributed by atoms with Crippen molar-refractivity contribution in [3.05, 3.63) is 39.7 Å². The van der Waals surface area contributed by atoms with Crippen LogP contribution in [-0.2, 0) is 4.79 Å². The molecule has 1 aromatic carbocycles. The lowest BCUT2D eigenvalue weighted by Gasteiger charge is -2.08. The molecule has 1 aromatic heterocycles. The number of hydrogen-bond donors (Lipinski definition) is 2. The number of nitrogens with one attached hydrogen (secondary N) is 1. The quantitative estimate of drug-likeness (QED) is 0.333. The molecule has 2 aromatic rings. The Labute approximate surface area is 138 Å². The SMILES string of the molecule is O=C(CCCCCCOc1cc(=O)oc2ccc(Cl)cc12)NO. The van der Waals surface area contributed by atoms with Crippen LogP contribution in [0.15, 0.2) is 33.5 Å². The Kier molecular flexibility index (Phi) is 6.43. The van der Waals surface area contributed by atoms with Crippen molar-refractivity contribution in [1.82, 2.24) is 5.48 Å². The van der Waals surface area contributed by atoms with Crippen molar-refractivity contribution >= 4 is 28.5 Å². The van der Waals surface area contributed by atoms with Crippen LogP contribution in [0, 0.1) is 0 Å². The second-order valence-corrected chi connectivity index (χ2v) is 5.55. The molecule has 0 saturated carbocycles. The number of hydroxylamine groups is 1. The van der Waals surface area contributed by atoms with Crippen LogP contribution >= 0.6 is 11.6 Å². The summed E-state index contributed by atoms with van der Waals surface area (Å²) >= 11 is 5.96. The molecule has 0 aliphatic carbocycles. The number of carbonyl (C=O) groups is 1. The minimum absolute atomic E-state index is 0.306. The largest absolute Gasteiger partial charge is 0.493 e. The van der Waals surface area contributed by atoms with Gasteiger partial charge in [-0.1, -0.05) is 24.4 Å². The van der Waals surface area contributed by atoms with Crippen molar-refractivity contribution in [2.45, 2.75) is 32.1 Å². The maximum atomic E-state index is 11.5. The van der Waals surface area contributed by atoms with Crippen molar-refractivity contribution in [3.8, 4) is 5.75 Å². The highest BCUT2D eigenvalue weighted by Crippen LogP contribution is 2.26. The first kappa shape index (κ1) is 17.3. The number of fused-ring (bicyclic) bond motifs is 1. The van der Waals surface area contributed by atoms with E-state index in [-0.39, 0.29) is 5.91 Å². The molecule has 1 amide bonds. The molecule has 0 spiro atoms. The van der Waals surface area contributed by atoms with E-state index in [4.69, 9.17) is 26.0 Å². The Morgan fingerprint density at radius 3 is 2.78 bits per heavy atom. The fraction of sp³-hybridized carbons (Fsp3) is 0.375. The van der Waals surface area contributed by atoms with E-state index in [1.165, 1.54) is 6.07 Å². The number of hydrogen-bond acceptors (Lipinski definition) is 5. The van der Waals surface area contributed by atoms with Gasteiger partial charge in [0, 0.05) is 11.4 Å². The first-order valence-electron chi connectivity index (χ1n) is 7.39. The third-order valence-electron chi connectivity index (χ3n) is 3.35. The lowest BCUT2D eigenvalue weighted by atomic mass is 10.1. The highest BCUT2D eigenvalue weighted by Gasteiger charge is 2.07. The van der Waals surface area contributed by atoms with E-state index in [2.05, 4.69) is 0 Å². The van der Waals surface area contributed by atoms with E-state index in [1.54, 1.807) is 23.7 Å². The van der Waals surface area contributed by atoms with Gasteiger partial charge in [-0.15, -0.1) is 0 Å². The van der Waals surface area contributed by atoms with Crippen molar-refractivity contribution in [2.24, 2.45) is 0 Å². The number of benzene rings is 1. The summed E-state index contributed by atoms with van der Waals surface area (Å²) in [6.45, 7) is 0.456. The van der Waals surface area contributed by atoms with Gasteiger partial charge in [0.25, 0.3) is 0 Å². The predicted molar refractivity (Wildman–Crippen MR) is 86.0 cm³/mol. The van der Waals surface area contributed by atoms with Crippen molar-refractivity contribution in [1.29, 1.82) is 0 Å². The number of halogens is 1. The van der Waals surface area contributed by atoms with Crippen molar-refractivity contribution < 1.29 is 19.2 Å². The normalized spacial score (nSPS) is 10.7. The molecule has 0 unspecified atom stereocenters. The fourth-order valence-electron chi connectivity index (χ4n) is 2.21. The van der Waals surface area contributed by atoms with Crippen LogP contribution in [-0.4, -0.2) is 17.7 Å². The van der Waals surface area contributed by atoms with Gasteiger partial charge in [-0.2, -0.15) is 0 Å². The molecule has 6 nitrogen and oxygen atoms in total. The maximum absolute atomic E-state index is 11.5. The molecule has 2 N–H and O–H groups in total. The minimum atomic E-state index is -0.468. The van der Waals surface area contributed by atoms with Gasteiger partial charge in [-0.3, -0.25) is 10.0 Å². The summed E-state index contributed by atoms with van der Waals surface area (Å²) in [7, 11) is 0. The molecule has 0 bridgehead atoms. The smallest absolute Gasteiger partial charge is 0.339 e. The molecule has 0 radical (unpaired) electrons. The summed E-state index contributed by atoms with van der Waals surface area (Å²) in [6, 6.07) is 6.30. The molecular weight excluding hydrogens is 322 g/mol. The van der Waals surface area contributed by atoms with Crippen LogP contribution in [0.4, 0.5) is 0 Å². The first-order chi connectivity index (χ1) is 11.1. The highest BCUT2D eigenvalue weighted by atomic mass is 35.5. The Balaban J connectivity index is 1.84.